The van der Waals surface area contributed by atoms with Gasteiger partial charge >= 0.3 is 0 Å². The van der Waals surface area contributed by atoms with Gasteiger partial charge in [-0.2, -0.15) is 0 Å². The normalized spacial score (nSPS) is 11.1. The zero-order chi connectivity index (χ0) is 16.7. The lowest BCUT2D eigenvalue weighted by molar-refractivity contribution is 0.628. The van der Waals surface area contributed by atoms with E-state index in [1.54, 1.807) is 47.1 Å². The fourth-order valence-corrected chi connectivity index (χ4v) is 2.91. The molecule has 0 unspecified atom stereocenters. The highest BCUT2D eigenvalue weighted by Gasteiger charge is 2.11. The lowest BCUT2D eigenvalue weighted by atomic mass is 10.1. The number of rotatable bonds is 2. The number of hydrogen-bond donors (Lipinski definition) is 1. The van der Waals surface area contributed by atoms with Gasteiger partial charge in [0.2, 0.25) is 5.78 Å². The molecule has 0 aliphatic rings. The topological polar surface area (TPSA) is 33.1 Å². The summed E-state index contributed by atoms with van der Waals surface area (Å²) in [6.07, 6.45) is 3.34. The summed E-state index contributed by atoms with van der Waals surface area (Å²) >= 11 is 5.50. The maximum absolute atomic E-state index is 14.0. The second-order valence-corrected chi connectivity index (χ2v) is 5.71. The van der Waals surface area contributed by atoms with Crippen LogP contribution < -0.4 is 0 Å². The first kappa shape index (κ1) is 14.7. The van der Waals surface area contributed by atoms with Crippen LogP contribution in [-0.2, 0) is 0 Å². The summed E-state index contributed by atoms with van der Waals surface area (Å²) in [5.41, 5.74) is 2.52. The summed E-state index contributed by atoms with van der Waals surface area (Å²) in [4.78, 5) is 7.46. The Labute approximate surface area is 141 Å². The molecule has 24 heavy (non-hydrogen) atoms. The van der Waals surface area contributed by atoms with Gasteiger partial charge in [0, 0.05) is 23.5 Å². The molecule has 0 aliphatic carbocycles. The number of imidazole rings is 1. The zero-order valence-electron chi connectivity index (χ0n) is 12.3. The van der Waals surface area contributed by atoms with Crippen LogP contribution in [0.3, 0.4) is 0 Å². The highest BCUT2D eigenvalue weighted by Crippen LogP contribution is 2.25. The summed E-state index contributed by atoms with van der Waals surface area (Å²) in [7, 11) is 0. The Balaban J connectivity index is 1.90. The highest BCUT2D eigenvalue weighted by molar-refractivity contribution is 7.71. The molecule has 2 aromatic heterocycles. The quantitative estimate of drug-likeness (QED) is 0.521. The number of aromatic nitrogens is 3. The van der Waals surface area contributed by atoms with E-state index in [9.17, 15) is 8.78 Å². The second-order valence-electron chi connectivity index (χ2n) is 5.33. The number of aromatic amines is 1. The van der Waals surface area contributed by atoms with Gasteiger partial charge in [-0.05, 0) is 35.9 Å². The fraction of sp³-hybridized carbons (Fsp3) is 0. The number of H-pyrrole nitrogens is 1. The molecule has 0 bridgehead atoms. The highest BCUT2D eigenvalue weighted by atomic mass is 32.1. The predicted octanol–water partition coefficient (Wildman–Crippen LogP) is 5.00. The molecule has 4 aromatic rings. The molecule has 4 rings (SSSR count). The second kappa shape index (κ2) is 5.65. The van der Waals surface area contributed by atoms with Gasteiger partial charge in [0.15, 0.2) is 0 Å². The van der Waals surface area contributed by atoms with Crippen molar-refractivity contribution in [3.05, 3.63) is 77.2 Å². The largest absolute Gasteiger partial charge is 0.323 e. The van der Waals surface area contributed by atoms with E-state index in [1.165, 1.54) is 18.2 Å². The van der Waals surface area contributed by atoms with E-state index in [-0.39, 0.29) is 11.6 Å². The first-order valence-corrected chi connectivity index (χ1v) is 7.65. The lowest BCUT2D eigenvalue weighted by Gasteiger charge is -2.04. The summed E-state index contributed by atoms with van der Waals surface area (Å²) in [5, 5.41) is 0. The van der Waals surface area contributed by atoms with Crippen molar-refractivity contribution in [3.63, 3.8) is 0 Å². The van der Waals surface area contributed by atoms with Crippen LogP contribution in [0, 0.1) is 16.3 Å². The molecular weight excluding hydrogens is 328 g/mol. The Morgan fingerprint density at radius 1 is 0.958 bits per heavy atom. The Morgan fingerprint density at radius 2 is 1.71 bits per heavy atom. The number of fused-ring (bicyclic) bond motifs is 1. The predicted molar refractivity (Wildman–Crippen MR) is 91.2 cm³/mol. The fourth-order valence-electron chi connectivity index (χ4n) is 2.60. The van der Waals surface area contributed by atoms with Crippen LogP contribution in [0.2, 0.25) is 0 Å². The minimum Gasteiger partial charge on any atom is -0.323 e. The van der Waals surface area contributed by atoms with Crippen molar-refractivity contribution in [1.29, 1.82) is 0 Å². The Hall–Kier alpha value is -2.86. The third-order valence-corrected chi connectivity index (χ3v) is 4.23. The van der Waals surface area contributed by atoms with Crippen molar-refractivity contribution >= 4 is 18.0 Å². The minimum atomic E-state index is -0.348. The van der Waals surface area contributed by atoms with Crippen LogP contribution in [0.5, 0.6) is 0 Å². The van der Waals surface area contributed by atoms with Crippen molar-refractivity contribution in [2.75, 3.05) is 0 Å². The average molecular weight is 339 g/mol. The van der Waals surface area contributed by atoms with E-state index in [2.05, 4.69) is 9.97 Å². The minimum absolute atomic E-state index is 0.300. The SMILES string of the molecule is Fc1ccc(-c2cn3c(=S)c(-c4ccccc4F)cnc3[nH]2)cc1. The maximum atomic E-state index is 14.0. The first-order valence-electron chi connectivity index (χ1n) is 7.25. The number of benzene rings is 2. The third kappa shape index (κ3) is 2.41. The number of hydrogen-bond acceptors (Lipinski definition) is 2. The number of halogens is 2. The molecule has 6 heteroatoms. The van der Waals surface area contributed by atoms with Gasteiger partial charge in [-0.15, -0.1) is 0 Å². The Kier molecular flexibility index (Phi) is 3.46. The molecule has 0 fully saturated rings. The molecule has 2 heterocycles. The summed E-state index contributed by atoms with van der Waals surface area (Å²) in [6, 6.07) is 12.6. The molecular formula is C18H11F2N3S. The number of nitrogens with zero attached hydrogens (tertiary/aromatic N) is 2. The van der Waals surface area contributed by atoms with Crippen LogP contribution in [-0.4, -0.2) is 14.4 Å². The Morgan fingerprint density at radius 3 is 2.46 bits per heavy atom. The van der Waals surface area contributed by atoms with Crippen LogP contribution in [0.25, 0.3) is 28.2 Å². The summed E-state index contributed by atoms with van der Waals surface area (Å²) in [6.45, 7) is 0. The van der Waals surface area contributed by atoms with Crippen LogP contribution in [0.15, 0.2) is 60.9 Å². The molecule has 3 nitrogen and oxygen atoms in total. The van der Waals surface area contributed by atoms with E-state index in [0.717, 1.165) is 11.3 Å². The standard InChI is InChI=1S/C18H11F2N3S/c19-12-7-5-11(6-8-12)16-10-23-17(24)14(9-21-18(23)22-16)13-3-1-2-4-15(13)20/h1-10H,(H,21,22). The van der Waals surface area contributed by atoms with Crippen LogP contribution in [0.1, 0.15) is 0 Å². The molecule has 0 spiro atoms. The monoisotopic (exact) mass is 339 g/mol. The van der Waals surface area contributed by atoms with Crippen molar-refractivity contribution in [2.45, 2.75) is 0 Å². The van der Waals surface area contributed by atoms with Crippen molar-refractivity contribution < 1.29 is 8.78 Å². The Bertz CT molecular complexity index is 1100. The first-order chi connectivity index (χ1) is 11.6. The molecule has 118 valence electrons. The maximum Gasteiger partial charge on any atom is 0.212 e. The van der Waals surface area contributed by atoms with E-state index in [0.29, 0.717) is 21.5 Å². The van der Waals surface area contributed by atoms with E-state index >= 15 is 0 Å². The number of nitrogens with one attached hydrogen (secondary N) is 1. The zero-order valence-corrected chi connectivity index (χ0v) is 13.1. The van der Waals surface area contributed by atoms with Crippen LogP contribution in [0.4, 0.5) is 8.78 Å². The van der Waals surface area contributed by atoms with Gasteiger partial charge in [0.05, 0.1) is 5.69 Å². The van der Waals surface area contributed by atoms with E-state index in [1.807, 2.05) is 0 Å². The molecule has 0 saturated heterocycles. The third-order valence-electron chi connectivity index (χ3n) is 3.82. The lowest BCUT2D eigenvalue weighted by Crippen LogP contribution is -1.94. The smallest absolute Gasteiger partial charge is 0.212 e. The molecule has 0 saturated carbocycles. The molecule has 0 radical (unpaired) electrons. The summed E-state index contributed by atoms with van der Waals surface area (Å²) < 4.78 is 29.2. The van der Waals surface area contributed by atoms with Crippen molar-refractivity contribution in [1.82, 2.24) is 14.4 Å². The van der Waals surface area contributed by atoms with Gasteiger partial charge in [-0.1, -0.05) is 30.4 Å². The van der Waals surface area contributed by atoms with Crippen molar-refractivity contribution in [3.8, 4) is 22.4 Å². The van der Waals surface area contributed by atoms with Gasteiger partial charge in [-0.3, -0.25) is 4.40 Å². The van der Waals surface area contributed by atoms with E-state index in [4.69, 9.17) is 12.2 Å². The van der Waals surface area contributed by atoms with Crippen LogP contribution >= 0.6 is 12.2 Å². The van der Waals surface area contributed by atoms with E-state index < -0.39 is 0 Å². The molecule has 0 aliphatic heterocycles. The molecule has 2 aromatic carbocycles. The molecule has 0 amide bonds. The van der Waals surface area contributed by atoms with Gasteiger partial charge in [-0.25, -0.2) is 13.8 Å². The summed E-state index contributed by atoms with van der Waals surface area (Å²) in [5.74, 6) is -0.106. The van der Waals surface area contributed by atoms with Crippen molar-refractivity contribution in [2.24, 2.45) is 0 Å². The van der Waals surface area contributed by atoms with Gasteiger partial charge in [0.1, 0.15) is 16.3 Å². The molecule has 1 N–H and O–H groups in total. The average Bonchev–Trinajstić information content (AvgIpc) is 3.02. The van der Waals surface area contributed by atoms with Gasteiger partial charge < -0.3 is 4.98 Å². The molecule has 0 atom stereocenters. The van der Waals surface area contributed by atoms with Gasteiger partial charge in [0.25, 0.3) is 0 Å².